The number of nitrogens with two attached hydrogens (primary N) is 1. The van der Waals surface area contributed by atoms with E-state index in [9.17, 15) is 0 Å². The predicted molar refractivity (Wildman–Crippen MR) is 81.9 cm³/mol. The fourth-order valence-corrected chi connectivity index (χ4v) is 3.93. The van der Waals surface area contributed by atoms with Crippen LogP contribution in [0.3, 0.4) is 0 Å². The third-order valence-corrected chi connectivity index (χ3v) is 5.01. The Morgan fingerprint density at radius 2 is 1.81 bits per heavy atom. The number of nitrogens with one attached hydrogen (secondary N) is 1. The molecule has 1 aromatic rings. The van der Waals surface area contributed by atoms with Crippen LogP contribution in [0.2, 0.25) is 0 Å². The largest absolute Gasteiger partial charge is 0.497 e. The van der Waals surface area contributed by atoms with Gasteiger partial charge in [0, 0.05) is 11.6 Å². The van der Waals surface area contributed by atoms with Gasteiger partial charge >= 0.3 is 0 Å². The molecule has 2 aliphatic rings. The van der Waals surface area contributed by atoms with Gasteiger partial charge in [-0.1, -0.05) is 0 Å². The molecular formula is C17H28N2O2+2. The van der Waals surface area contributed by atoms with Crippen molar-refractivity contribution in [1.82, 2.24) is 0 Å². The summed E-state index contributed by atoms with van der Waals surface area (Å²) < 4.78 is 11.1. The first-order chi connectivity index (χ1) is 10.3. The molecule has 2 aliphatic heterocycles. The molecule has 116 valence electrons. The molecule has 0 radical (unpaired) electrons. The van der Waals surface area contributed by atoms with Crippen molar-refractivity contribution < 1.29 is 19.7 Å². The van der Waals surface area contributed by atoms with Crippen LogP contribution < -0.4 is 19.7 Å². The molecular weight excluding hydrogens is 264 g/mol. The number of benzene rings is 1. The van der Waals surface area contributed by atoms with E-state index in [1.807, 2.05) is 0 Å². The average molecular weight is 292 g/mol. The van der Waals surface area contributed by atoms with E-state index in [1.54, 1.807) is 19.1 Å². The third kappa shape index (κ3) is 3.01. The molecule has 1 fully saturated rings. The van der Waals surface area contributed by atoms with E-state index in [2.05, 4.69) is 17.4 Å². The standard InChI is InChI=1S/C17H26N2O2/c1-20-14-9-13-11-18-12-15(17(13)16(10-14)21-2)19-7-5-3-4-6-8-19/h9-10,15,18H,3-8,11-12H2,1-2H3/p+2/t15-/m1/s1. The Kier molecular flexibility index (Phi) is 4.66. The van der Waals surface area contributed by atoms with Crippen molar-refractivity contribution in [2.75, 3.05) is 33.9 Å². The molecule has 3 N–H and O–H groups in total. The average Bonchev–Trinajstić information content (AvgIpc) is 2.82. The van der Waals surface area contributed by atoms with Gasteiger partial charge in [0.15, 0.2) is 6.04 Å². The number of likely N-dealkylation sites (tertiary alicyclic amines) is 1. The van der Waals surface area contributed by atoms with Crippen molar-refractivity contribution >= 4 is 0 Å². The zero-order chi connectivity index (χ0) is 14.7. The van der Waals surface area contributed by atoms with Gasteiger partial charge in [-0.2, -0.15) is 0 Å². The van der Waals surface area contributed by atoms with Crippen LogP contribution in [0.5, 0.6) is 11.5 Å². The first-order valence-electron chi connectivity index (χ1n) is 8.24. The van der Waals surface area contributed by atoms with Crippen molar-refractivity contribution in [3.8, 4) is 11.5 Å². The van der Waals surface area contributed by atoms with Gasteiger partial charge in [-0.3, -0.25) is 0 Å². The van der Waals surface area contributed by atoms with Crippen LogP contribution in [0.1, 0.15) is 42.9 Å². The molecule has 4 nitrogen and oxygen atoms in total. The van der Waals surface area contributed by atoms with Crippen molar-refractivity contribution in [3.63, 3.8) is 0 Å². The summed E-state index contributed by atoms with van der Waals surface area (Å²) in [7, 11) is 3.51. The maximum absolute atomic E-state index is 5.70. The second-order valence-electron chi connectivity index (χ2n) is 6.26. The number of methoxy groups -OCH3 is 2. The van der Waals surface area contributed by atoms with Gasteiger partial charge < -0.3 is 19.7 Å². The molecule has 0 amide bonds. The van der Waals surface area contributed by atoms with E-state index in [0.29, 0.717) is 6.04 Å². The molecule has 3 rings (SSSR count). The monoisotopic (exact) mass is 292 g/mol. The summed E-state index contributed by atoms with van der Waals surface area (Å²) in [6.45, 7) is 4.80. The van der Waals surface area contributed by atoms with Crippen LogP contribution in [0.15, 0.2) is 12.1 Å². The van der Waals surface area contributed by atoms with Crippen LogP contribution >= 0.6 is 0 Å². The van der Waals surface area contributed by atoms with E-state index in [0.717, 1.165) is 18.0 Å². The maximum atomic E-state index is 5.70. The summed E-state index contributed by atoms with van der Waals surface area (Å²) in [5.41, 5.74) is 2.82. The maximum Gasteiger partial charge on any atom is 0.167 e. The summed E-state index contributed by atoms with van der Waals surface area (Å²) >= 11 is 0. The minimum absolute atomic E-state index is 0.563. The van der Waals surface area contributed by atoms with Crippen molar-refractivity contribution in [1.29, 1.82) is 0 Å². The van der Waals surface area contributed by atoms with Crippen LogP contribution in [0.4, 0.5) is 0 Å². The first kappa shape index (κ1) is 14.7. The van der Waals surface area contributed by atoms with E-state index in [1.165, 1.54) is 56.4 Å². The van der Waals surface area contributed by atoms with Gasteiger partial charge in [0.05, 0.1) is 32.9 Å². The molecule has 0 unspecified atom stereocenters. The Hall–Kier alpha value is -1.26. The molecule has 2 heterocycles. The fraction of sp³-hybridized carbons (Fsp3) is 0.647. The smallest absolute Gasteiger partial charge is 0.167 e. The summed E-state index contributed by atoms with van der Waals surface area (Å²) in [4.78, 5) is 1.74. The number of ether oxygens (including phenoxy) is 2. The van der Waals surface area contributed by atoms with Gasteiger partial charge in [-0.25, -0.2) is 0 Å². The van der Waals surface area contributed by atoms with E-state index in [-0.39, 0.29) is 0 Å². The van der Waals surface area contributed by atoms with Crippen LogP contribution in [-0.4, -0.2) is 33.9 Å². The quantitative estimate of drug-likeness (QED) is 0.840. The highest BCUT2D eigenvalue weighted by molar-refractivity contribution is 5.48. The van der Waals surface area contributed by atoms with Crippen LogP contribution in [-0.2, 0) is 6.54 Å². The van der Waals surface area contributed by atoms with Gasteiger partial charge in [-0.15, -0.1) is 0 Å². The zero-order valence-corrected chi connectivity index (χ0v) is 13.3. The second kappa shape index (κ2) is 6.67. The zero-order valence-electron chi connectivity index (χ0n) is 13.3. The number of quaternary nitrogens is 2. The molecule has 1 aromatic carbocycles. The molecule has 1 saturated heterocycles. The predicted octanol–water partition coefficient (Wildman–Crippen LogP) is 0.281. The fourth-order valence-electron chi connectivity index (χ4n) is 3.93. The van der Waals surface area contributed by atoms with Gasteiger partial charge in [0.25, 0.3) is 0 Å². The number of hydrogen-bond acceptors (Lipinski definition) is 2. The lowest BCUT2D eigenvalue weighted by Crippen LogP contribution is -3.15. The molecule has 0 aliphatic carbocycles. The van der Waals surface area contributed by atoms with Crippen molar-refractivity contribution in [2.45, 2.75) is 38.3 Å². The van der Waals surface area contributed by atoms with Crippen LogP contribution in [0, 0.1) is 0 Å². The highest BCUT2D eigenvalue weighted by Crippen LogP contribution is 2.33. The van der Waals surface area contributed by atoms with Crippen molar-refractivity contribution in [3.05, 3.63) is 23.3 Å². The molecule has 0 saturated carbocycles. The van der Waals surface area contributed by atoms with Gasteiger partial charge in [-0.05, 0) is 31.7 Å². The lowest BCUT2D eigenvalue weighted by Gasteiger charge is -2.32. The first-order valence-corrected chi connectivity index (χ1v) is 8.24. The Morgan fingerprint density at radius 1 is 1.05 bits per heavy atom. The van der Waals surface area contributed by atoms with Crippen LogP contribution in [0.25, 0.3) is 0 Å². The minimum Gasteiger partial charge on any atom is -0.497 e. The number of fused-ring (bicyclic) bond motifs is 1. The number of hydrogen-bond donors (Lipinski definition) is 2. The Morgan fingerprint density at radius 3 is 2.48 bits per heavy atom. The summed E-state index contributed by atoms with van der Waals surface area (Å²) in [6.07, 6.45) is 5.51. The second-order valence-corrected chi connectivity index (χ2v) is 6.26. The number of rotatable bonds is 3. The summed E-state index contributed by atoms with van der Waals surface area (Å²) in [5.74, 6) is 1.92. The Bertz CT molecular complexity index is 465. The third-order valence-electron chi connectivity index (χ3n) is 5.01. The molecule has 1 atom stereocenters. The molecule has 4 heteroatoms. The Balaban J connectivity index is 1.95. The highest BCUT2D eigenvalue weighted by atomic mass is 16.5. The SMILES string of the molecule is COc1cc2c(c(OC)c1)[C@H]([NH+]1CCCCCC1)C[NH2+]C2. The summed E-state index contributed by atoms with van der Waals surface area (Å²) in [6, 6.07) is 4.80. The lowest BCUT2D eigenvalue weighted by molar-refractivity contribution is -0.947. The topological polar surface area (TPSA) is 39.5 Å². The highest BCUT2D eigenvalue weighted by Gasteiger charge is 2.35. The molecule has 21 heavy (non-hydrogen) atoms. The van der Waals surface area contributed by atoms with E-state index < -0.39 is 0 Å². The van der Waals surface area contributed by atoms with E-state index in [4.69, 9.17) is 9.47 Å². The molecule has 0 spiro atoms. The lowest BCUT2D eigenvalue weighted by atomic mass is 9.93. The van der Waals surface area contributed by atoms with Gasteiger partial charge in [0.1, 0.15) is 24.6 Å². The normalized spacial score (nSPS) is 23.2. The minimum atomic E-state index is 0.563. The van der Waals surface area contributed by atoms with Crippen molar-refractivity contribution in [2.24, 2.45) is 0 Å². The molecule has 0 aromatic heterocycles. The summed E-state index contributed by atoms with van der Waals surface area (Å²) in [5, 5.41) is 2.43. The van der Waals surface area contributed by atoms with E-state index >= 15 is 0 Å². The van der Waals surface area contributed by atoms with Gasteiger partial charge in [0.2, 0.25) is 0 Å². The Labute approximate surface area is 127 Å². The molecule has 0 bridgehead atoms.